The molecular weight excluding hydrogens is 360 g/mol. The summed E-state index contributed by atoms with van der Waals surface area (Å²) in [5, 5.41) is 7.70. The van der Waals surface area contributed by atoms with E-state index in [0.29, 0.717) is 26.3 Å². The molecule has 0 aliphatic carbocycles. The first-order chi connectivity index (χ1) is 13.2. The Morgan fingerprint density at radius 1 is 1.22 bits per heavy atom. The predicted octanol–water partition coefficient (Wildman–Crippen LogP) is 3.29. The number of aromatic nitrogens is 1. The van der Waals surface area contributed by atoms with Gasteiger partial charge in [-0.25, -0.2) is 9.98 Å². The summed E-state index contributed by atoms with van der Waals surface area (Å²) in [6, 6.07) is 6.19. The highest BCUT2D eigenvalue weighted by atomic mass is 32.1. The van der Waals surface area contributed by atoms with Crippen LogP contribution >= 0.6 is 11.3 Å². The second kappa shape index (κ2) is 11.6. The molecule has 2 rings (SSSR count). The lowest BCUT2D eigenvalue weighted by molar-refractivity contribution is 0.145. The van der Waals surface area contributed by atoms with Crippen LogP contribution in [-0.2, 0) is 24.2 Å². The molecule has 0 fully saturated rings. The van der Waals surface area contributed by atoms with Crippen molar-refractivity contribution in [2.45, 2.75) is 40.3 Å². The lowest BCUT2D eigenvalue weighted by Gasteiger charge is -2.13. The molecule has 1 heterocycles. The maximum absolute atomic E-state index is 5.85. The summed E-state index contributed by atoms with van der Waals surface area (Å²) in [6.45, 7) is 9.35. The minimum atomic E-state index is 0.527. The Morgan fingerprint density at radius 3 is 2.78 bits per heavy atom. The largest absolute Gasteiger partial charge is 0.491 e. The SMILES string of the molecule is CCNC(=NCc1ccc(C)cc1OCCOC)NCc1ncc(CC)s1. The third kappa shape index (κ3) is 7.19. The highest BCUT2D eigenvalue weighted by Crippen LogP contribution is 2.21. The minimum Gasteiger partial charge on any atom is -0.491 e. The smallest absolute Gasteiger partial charge is 0.191 e. The van der Waals surface area contributed by atoms with Crippen LogP contribution in [0.4, 0.5) is 0 Å². The van der Waals surface area contributed by atoms with Crippen LogP contribution in [0.25, 0.3) is 0 Å². The quantitative estimate of drug-likeness (QED) is 0.370. The summed E-state index contributed by atoms with van der Waals surface area (Å²) in [5.41, 5.74) is 2.21. The van der Waals surface area contributed by atoms with Crippen molar-refractivity contribution in [1.29, 1.82) is 0 Å². The van der Waals surface area contributed by atoms with E-state index in [-0.39, 0.29) is 0 Å². The van der Waals surface area contributed by atoms with Gasteiger partial charge in [0.15, 0.2) is 5.96 Å². The van der Waals surface area contributed by atoms with Gasteiger partial charge >= 0.3 is 0 Å². The first-order valence-corrected chi connectivity index (χ1v) is 10.1. The van der Waals surface area contributed by atoms with Gasteiger partial charge in [0.2, 0.25) is 0 Å². The van der Waals surface area contributed by atoms with Crippen molar-refractivity contribution in [2.24, 2.45) is 4.99 Å². The van der Waals surface area contributed by atoms with Crippen molar-refractivity contribution in [3.8, 4) is 5.75 Å². The van der Waals surface area contributed by atoms with E-state index in [0.717, 1.165) is 40.8 Å². The van der Waals surface area contributed by atoms with E-state index in [1.54, 1.807) is 18.4 Å². The van der Waals surface area contributed by atoms with Crippen molar-refractivity contribution in [3.63, 3.8) is 0 Å². The van der Waals surface area contributed by atoms with E-state index < -0.39 is 0 Å². The van der Waals surface area contributed by atoms with Gasteiger partial charge in [0.25, 0.3) is 0 Å². The topological polar surface area (TPSA) is 67.8 Å². The molecule has 0 bridgehead atoms. The number of nitrogens with zero attached hydrogens (tertiary/aromatic N) is 2. The number of ether oxygens (including phenoxy) is 2. The fourth-order valence-corrected chi connectivity index (χ4v) is 3.22. The Hall–Kier alpha value is -2.12. The zero-order valence-electron chi connectivity index (χ0n) is 16.7. The van der Waals surface area contributed by atoms with Gasteiger partial charge in [-0.15, -0.1) is 11.3 Å². The summed E-state index contributed by atoms with van der Waals surface area (Å²) < 4.78 is 10.9. The molecule has 7 heteroatoms. The van der Waals surface area contributed by atoms with Gasteiger partial charge in [0, 0.05) is 30.3 Å². The predicted molar refractivity (Wildman–Crippen MR) is 112 cm³/mol. The number of thiazole rings is 1. The number of aryl methyl sites for hydroxylation is 2. The monoisotopic (exact) mass is 390 g/mol. The molecule has 0 radical (unpaired) electrons. The zero-order chi connectivity index (χ0) is 19.5. The van der Waals surface area contributed by atoms with Crippen molar-refractivity contribution < 1.29 is 9.47 Å². The number of guanidine groups is 1. The highest BCUT2D eigenvalue weighted by molar-refractivity contribution is 7.11. The molecule has 2 aromatic rings. The summed E-state index contributed by atoms with van der Waals surface area (Å²) >= 11 is 1.73. The summed E-state index contributed by atoms with van der Waals surface area (Å²) in [6.07, 6.45) is 2.97. The fraction of sp³-hybridized carbons (Fsp3) is 0.500. The van der Waals surface area contributed by atoms with E-state index in [9.17, 15) is 0 Å². The molecule has 0 aliphatic rings. The molecule has 0 spiro atoms. The number of hydrogen-bond donors (Lipinski definition) is 2. The molecule has 0 saturated carbocycles. The third-order valence-electron chi connectivity index (χ3n) is 3.88. The molecule has 0 amide bonds. The Morgan fingerprint density at radius 2 is 2.07 bits per heavy atom. The molecule has 27 heavy (non-hydrogen) atoms. The first kappa shape index (κ1) is 21.2. The Kier molecular flexibility index (Phi) is 9.07. The summed E-state index contributed by atoms with van der Waals surface area (Å²) in [5.74, 6) is 1.63. The van der Waals surface area contributed by atoms with Crippen LogP contribution in [0, 0.1) is 6.92 Å². The van der Waals surface area contributed by atoms with Crippen molar-refractivity contribution in [2.75, 3.05) is 26.9 Å². The maximum atomic E-state index is 5.85. The van der Waals surface area contributed by atoms with Gasteiger partial charge in [-0.2, -0.15) is 0 Å². The van der Waals surface area contributed by atoms with E-state index in [2.05, 4.69) is 48.5 Å². The Balaban J connectivity index is 2.02. The molecule has 0 unspecified atom stereocenters. The fourth-order valence-electron chi connectivity index (χ4n) is 2.42. The highest BCUT2D eigenvalue weighted by Gasteiger charge is 2.06. The van der Waals surface area contributed by atoms with Crippen molar-refractivity contribution in [3.05, 3.63) is 45.4 Å². The van der Waals surface area contributed by atoms with Crippen LogP contribution in [0.1, 0.15) is 34.9 Å². The lowest BCUT2D eigenvalue weighted by atomic mass is 10.1. The van der Waals surface area contributed by atoms with Crippen LogP contribution in [0.15, 0.2) is 29.4 Å². The van der Waals surface area contributed by atoms with E-state index in [4.69, 9.17) is 14.5 Å². The standard InChI is InChI=1S/C20H30N4O2S/c1-5-17-13-22-19(27-17)14-24-20(21-6-2)23-12-16-8-7-15(3)11-18(16)26-10-9-25-4/h7-8,11,13H,5-6,9-10,12,14H2,1-4H3,(H2,21,23,24). The minimum absolute atomic E-state index is 0.527. The molecule has 1 aromatic heterocycles. The van der Waals surface area contributed by atoms with Crippen LogP contribution in [0.3, 0.4) is 0 Å². The lowest BCUT2D eigenvalue weighted by Crippen LogP contribution is -2.36. The van der Waals surface area contributed by atoms with Crippen molar-refractivity contribution in [1.82, 2.24) is 15.6 Å². The Labute approximate surface area is 166 Å². The average Bonchev–Trinajstić information content (AvgIpc) is 3.13. The van der Waals surface area contributed by atoms with Crippen molar-refractivity contribution >= 4 is 17.3 Å². The molecule has 0 saturated heterocycles. The van der Waals surface area contributed by atoms with Crippen LogP contribution in [-0.4, -0.2) is 37.8 Å². The van der Waals surface area contributed by atoms with E-state index in [1.807, 2.05) is 12.3 Å². The van der Waals surface area contributed by atoms with E-state index >= 15 is 0 Å². The van der Waals surface area contributed by atoms with Gasteiger partial charge in [0.1, 0.15) is 17.4 Å². The summed E-state index contributed by atoms with van der Waals surface area (Å²) in [4.78, 5) is 10.4. The summed E-state index contributed by atoms with van der Waals surface area (Å²) in [7, 11) is 1.67. The van der Waals surface area contributed by atoms with Gasteiger partial charge in [0.05, 0.1) is 19.7 Å². The van der Waals surface area contributed by atoms with Crippen LogP contribution in [0.2, 0.25) is 0 Å². The van der Waals surface area contributed by atoms with Gasteiger partial charge in [-0.1, -0.05) is 19.1 Å². The zero-order valence-corrected chi connectivity index (χ0v) is 17.5. The Bertz CT molecular complexity index is 731. The number of methoxy groups -OCH3 is 1. The van der Waals surface area contributed by atoms with Gasteiger partial charge in [-0.3, -0.25) is 0 Å². The van der Waals surface area contributed by atoms with Crippen LogP contribution in [0.5, 0.6) is 5.75 Å². The molecule has 148 valence electrons. The number of benzene rings is 1. The third-order valence-corrected chi connectivity index (χ3v) is 5.02. The first-order valence-electron chi connectivity index (χ1n) is 9.33. The normalized spacial score (nSPS) is 11.5. The number of nitrogens with one attached hydrogen (secondary N) is 2. The maximum Gasteiger partial charge on any atom is 0.191 e. The molecule has 2 N–H and O–H groups in total. The second-order valence-electron chi connectivity index (χ2n) is 6.08. The van der Waals surface area contributed by atoms with Gasteiger partial charge in [-0.05, 0) is 31.9 Å². The molecule has 1 aromatic carbocycles. The number of aliphatic imine (C=N–C) groups is 1. The molecule has 6 nitrogen and oxygen atoms in total. The molecule has 0 aliphatic heterocycles. The van der Waals surface area contributed by atoms with Gasteiger partial charge < -0.3 is 20.1 Å². The van der Waals surface area contributed by atoms with Crippen LogP contribution < -0.4 is 15.4 Å². The number of hydrogen-bond acceptors (Lipinski definition) is 5. The molecule has 0 atom stereocenters. The average molecular weight is 391 g/mol. The number of rotatable bonds is 10. The second-order valence-corrected chi connectivity index (χ2v) is 7.27. The molecular formula is C20H30N4O2S. The van der Waals surface area contributed by atoms with E-state index in [1.165, 1.54) is 4.88 Å².